The number of pyridine rings is 2. The van der Waals surface area contributed by atoms with Gasteiger partial charge in [-0.05, 0) is 29.7 Å². The van der Waals surface area contributed by atoms with E-state index in [1.54, 1.807) is 37.5 Å². The van der Waals surface area contributed by atoms with Crippen molar-refractivity contribution in [1.29, 1.82) is 0 Å². The molecule has 1 N–H and O–H groups in total. The molecule has 2 aromatic heterocycles. The Labute approximate surface area is 182 Å². The van der Waals surface area contributed by atoms with Gasteiger partial charge in [-0.3, -0.25) is 9.52 Å². The maximum absolute atomic E-state index is 14.1. The van der Waals surface area contributed by atoms with E-state index in [0.29, 0.717) is 22.4 Å². The highest BCUT2D eigenvalue weighted by atomic mass is 32.2. The van der Waals surface area contributed by atoms with Gasteiger partial charge in [0.1, 0.15) is 5.82 Å². The predicted octanol–water partition coefficient (Wildman–Crippen LogP) is 4.04. The van der Waals surface area contributed by atoms with E-state index in [2.05, 4.69) is 9.71 Å². The zero-order valence-electron chi connectivity index (χ0n) is 17.0. The van der Waals surface area contributed by atoms with E-state index in [9.17, 15) is 22.0 Å². The minimum absolute atomic E-state index is 0.118. The number of benzene rings is 2. The third-order valence-electron chi connectivity index (χ3n) is 4.58. The summed E-state index contributed by atoms with van der Waals surface area (Å²) in [5.41, 5.74) is 0.722. The van der Waals surface area contributed by atoms with Crippen molar-refractivity contribution in [3.63, 3.8) is 0 Å². The molecule has 0 bridgehead atoms. The molecule has 164 valence electrons. The largest absolute Gasteiger partial charge is 0.436 e. The Hall–Kier alpha value is -3.79. The highest BCUT2D eigenvalue weighted by Crippen LogP contribution is 2.32. The Balaban J connectivity index is 1.92. The van der Waals surface area contributed by atoms with Crippen LogP contribution in [0.3, 0.4) is 0 Å². The normalized spacial score (nSPS) is 11.5. The minimum Gasteiger partial charge on any atom is -0.436 e. The zero-order valence-corrected chi connectivity index (χ0v) is 17.8. The van der Waals surface area contributed by atoms with Crippen LogP contribution >= 0.6 is 0 Å². The molecular weight excluding hydrogens is 440 g/mol. The van der Waals surface area contributed by atoms with Gasteiger partial charge in [0.05, 0.1) is 17.6 Å². The molecule has 2 aromatic carbocycles. The molecule has 2 heterocycles. The summed E-state index contributed by atoms with van der Waals surface area (Å²) >= 11 is 0. The topological polar surface area (TPSA) is 90.3 Å². The first-order chi connectivity index (χ1) is 15.1. The number of hydrogen-bond acceptors (Lipinski definition) is 5. The number of halogens is 2. The van der Waals surface area contributed by atoms with Crippen molar-refractivity contribution in [2.75, 3.05) is 11.0 Å². The molecule has 4 rings (SSSR count). The molecule has 32 heavy (non-hydrogen) atoms. The number of anilines is 1. The van der Waals surface area contributed by atoms with E-state index in [-0.39, 0.29) is 28.6 Å². The van der Waals surface area contributed by atoms with Gasteiger partial charge < -0.3 is 9.30 Å². The van der Waals surface area contributed by atoms with Crippen molar-refractivity contribution in [2.45, 2.75) is 0 Å². The summed E-state index contributed by atoms with van der Waals surface area (Å²) < 4.78 is 60.1. The van der Waals surface area contributed by atoms with Gasteiger partial charge in [-0.2, -0.15) is 0 Å². The number of ether oxygens (including phenoxy) is 1. The quantitative estimate of drug-likeness (QED) is 0.489. The molecule has 0 atom stereocenters. The van der Waals surface area contributed by atoms with Crippen molar-refractivity contribution >= 4 is 26.5 Å². The molecule has 0 aliphatic rings. The molecule has 7 nitrogen and oxygen atoms in total. The monoisotopic (exact) mass is 457 g/mol. The van der Waals surface area contributed by atoms with Crippen LogP contribution in [-0.2, 0) is 17.1 Å². The number of aromatic nitrogens is 2. The van der Waals surface area contributed by atoms with Crippen molar-refractivity contribution in [1.82, 2.24) is 9.55 Å². The Kier molecular flexibility index (Phi) is 5.39. The number of nitrogens with one attached hydrogen (secondary N) is 1. The van der Waals surface area contributed by atoms with Crippen LogP contribution in [0.1, 0.15) is 0 Å². The molecule has 0 radical (unpaired) electrons. The molecule has 4 aromatic rings. The van der Waals surface area contributed by atoms with E-state index < -0.39 is 21.7 Å². The lowest BCUT2D eigenvalue weighted by atomic mass is 10.0. The van der Waals surface area contributed by atoms with Gasteiger partial charge in [0, 0.05) is 36.3 Å². The van der Waals surface area contributed by atoms with E-state index >= 15 is 0 Å². The van der Waals surface area contributed by atoms with Crippen molar-refractivity contribution < 1.29 is 21.9 Å². The lowest BCUT2D eigenvalue weighted by Crippen LogP contribution is -2.16. The Bertz CT molecular complexity index is 1520. The molecule has 0 saturated heterocycles. The summed E-state index contributed by atoms with van der Waals surface area (Å²) in [6.45, 7) is 0. The van der Waals surface area contributed by atoms with Crippen molar-refractivity contribution in [3.05, 3.63) is 82.8 Å². The van der Waals surface area contributed by atoms with Crippen LogP contribution in [0.15, 0.2) is 65.6 Å². The standard InChI is InChI=1S/C22H17F2N3O4S/c1-27-12-17(15-5-3-4-6-16(15)22(27)28)19-10-14(26-32(2,29)30)11-21(25-19)31-20-8-7-13(23)9-18(20)24/h3-12H,1-2H3,(H,25,26). The first-order valence-corrected chi connectivity index (χ1v) is 11.2. The van der Waals surface area contributed by atoms with Crippen molar-refractivity contribution in [2.24, 2.45) is 7.05 Å². The molecule has 0 aliphatic carbocycles. The summed E-state index contributed by atoms with van der Waals surface area (Å²) in [7, 11) is -2.06. The molecule has 0 spiro atoms. The van der Waals surface area contributed by atoms with Gasteiger partial charge in [0.2, 0.25) is 15.9 Å². The number of rotatable bonds is 5. The van der Waals surface area contributed by atoms with Gasteiger partial charge in [-0.25, -0.2) is 22.2 Å². The fourth-order valence-corrected chi connectivity index (χ4v) is 3.81. The second-order valence-electron chi connectivity index (χ2n) is 7.13. The summed E-state index contributed by atoms with van der Waals surface area (Å²) in [6.07, 6.45) is 2.55. The molecular formula is C22H17F2N3O4S. The number of sulfonamides is 1. The molecule has 0 aliphatic heterocycles. The van der Waals surface area contributed by atoms with Crippen LogP contribution in [-0.4, -0.2) is 24.2 Å². The van der Waals surface area contributed by atoms with E-state index in [4.69, 9.17) is 4.74 Å². The minimum atomic E-state index is -3.65. The maximum atomic E-state index is 14.1. The van der Waals surface area contributed by atoms with Crippen molar-refractivity contribution in [3.8, 4) is 22.9 Å². The average molecular weight is 457 g/mol. The van der Waals surface area contributed by atoms with Gasteiger partial charge in [0.15, 0.2) is 11.6 Å². The molecule has 0 amide bonds. The van der Waals surface area contributed by atoms with E-state index in [1.165, 1.54) is 16.7 Å². The summed E-state index contributed by atoms with van der Waals surface area (Å²) in [5, 5.41) is 1.04. The number of fused-ring (bicyclic) bond motifs is 1. The SMILES string of the molecule is Cn1cc(-c2cc(NS(C)(=O)=O)cc(Oc3ccc(F)cc3F)n2)c2ccccc2c1=O. The van der Waals surface area contributed by atoms with Crippen LogP contribution < -0.4 is 15.0 Å². The lowest BCUT2D eigenvalue weighted by molar-refractivity contribution is 0.424. The van der Waals surface area contributed by atoms with Gasteiger partial charge in [-0.1, -0.05) is 18.2 Å². The second kappa shape index (κ2) is 8.04. The lowest BCUT2D eigenvalue weighted by Gasteiger charge is -2.13. The highest BCUT2D eigenvalue weighted by Gasteiger charge is 2.15. The van der Waals surface area contributed by atoms with E-state index in [1.807, 2.05) is 0 Å². The number of aryl methyl sites for hydroxylation is 1. The van der Waals surface area contributed by atoms with Crippen LogP contribution in [0.5, 0.6) is 11.6 Å². The van der Waals surface area contributed by atoms with Crippen LogP contribution in [0, 0.1) is 11.6 Å². The van der Waals surface area contributed by atoms with E-state index in [0.717, 1.165) is 18.4 Å². The second-order valence-corrected chi connectivity index (χ2v) is 8.88. The summed E-state index contributed by atoms with van der Waals surface area (Å²) in [5.74, 6) is -2.13. The average Bonchev–Trinajstić information content (AvgIpc) is 2.71. The predicted molar refractivity (Wildman–Crippen MR) is 117 cm³/mol. The molecule has 10 heteroatoms. The molecule has 0 fully saturated rings. The first kappa shape index (κ1) is 21.4. The van der Waals surface area contributed by atoms with Gasteiger partial charge in [0.25, 0.3) is 5.56 Å². The smallest absolute Gasteiger partial charge is 0.258 e. The first-order valence-electron chi connectivity index (χ1n) is 9.32. The van der Waals surface area contributed by atoms with Crippen LogP contribution in [0.2, 0.25) is 0 Å². The fourth-order valence-electron chi connectivity index (χ4n) is 3.26. The molecule has 0 unspecified atom stereocenters. The number of nitrogens with zero attached hydrogens (tertiary/aromatic N) is 2. The summed E-state index contributed by atoms with van der Waals surface area (Å²) in [4.78, 5) is 16.9. The number of hydrogen-bond donors (Lipinski definition) is 1. The third-order valence-corrected chi connectivity index (χ3v) is 5.19. The maximum Gasteiger partial charge on any atom is 0.258 e. The third kappa shape index (κ3) is 4.45. The fraction of sp³-hybridized carbons (Fsp3) is 0.0909. The Morgan fingerprint density at radius 3 is 2.44 bits per heavy atom. The molecule has 0 saturated carbocycles. The Morgan fingerprint density at radius 2 is 1.75 bits per heavy atom. The Morgan fingerprint density at radius 1 is 1.03 bits per heavy atom. The van der Waals surface area contributed by atoms with Crippen LogP contribution in [0.25, 0.3) is 22.0 Å². The zero-order chi connectivity index (χ0) is 23.0. The summed E-state index contributed by atoms with van der Waals surface area (Å²) in [6, 6.07) is 12.4. The van der Waals surface area contributed by atoms with Gasteiger partial charge in [-0.15, -0.1) is 0 Å². The highest BCUT2D eigenvalue weighted by molar-refractivity contribution is 7.92. The van der Waals surface area contributed by atoms with Gasteiger partial charge >= 0.3 is 0 Å². The van der Waals surface area contributed by atoms with Crippen LogP contribution in [0.4, 0.5) is 14.5 Å².